The summed E-state index contributed by atoms with van der Waals surface area (Å²) in [5, 5.41) is 7.42. The van der Waals surface area contributed by atoms with E-state index in [1.165, 1.54) is 50.5 Å². The van der Waals surface area contributed by atoms with Gasteiger partial charge in [-0.3, -0.25) is 0 Å². The minimum atomic E-state index is 0.137. The first-order valence-electron chi connectivity index (χ1n) is 13.2. The van der Waals surface area contributed by atoms with E-state index in [1.54, 1.807) is 0 Å². The number of rotatable bonds is 6. The number of ether oxygens (including phenoxy) is 1. The molecule has 35 heavy (non-hydrogen) atoms. The minimum absolute atomic E-state index is 0.137. The smallest absolute Gasteiger partial charge is 0.232 e. The molecule has 3 heterocycles. The van der Waals surface area contributed by atoms with Crippen molar-refractivity contribution in [3.05, 3.63) is 42.0 Å². The van der Waals surface area contributed by atoms with Crippen molar-refractivity contribution in [1.82, 2.24) is 15.3 Å². The number of hydrogen-bond acceptors (Lipinski definition) is 6. The van der Waals surface area contributed by atoms with Crippen LogP contribution in [0.3, 0.4) is 0 Å². The number of nitrogens with zero attached hydrogens (tertiary/aromatic N) is 4. The molecule has 1 saturated carbocycles. The van der Waals surface area contributed by atoms with Crippen LogP contribution < -0.4 is 20.4 Å². The highest BCUT2D eigenvalue weighted by atomic mass is 32.1. The number of morpholine rings is 1. The van der Waals surface area contributed by atoms with Crippen molar-refractivity contribution >= 4 is 34.9 Å². The quantitative estimate of drug-likeness (QED) is 0.570. The van der Waals surface area contributed by atoms with Crippen LogP contribution in [0.4, 0.5) is 17.6 Å². The second-order valence-corrected chi connectivity index (χ2v) is 10.6. The summed E-state index contributed by atoms with van der Waals surface area (Å²) in [6, 6.07) is 13.5. The third-order valence-corrected chi connectivity index (χ3v) is 8.14. The van der Waals surface area contributed by atoms with Crippen LogP contribution in [0.1, 0.15) is 57.4 Å². The molecule has 8 heteroatoms. The third-order valence-electron chi connectivity index (χ3n) is 7.89. The fourth-order valence-corrected chi connectivity index (χ4v) is 5.99. The van der Waals surface area contributed by atoms with Gasteiger partial charge in [-0.05, 0) is 56.8 Å². The average molecular weight is 495 g/mol. The number of hydrogen-bond donors (Lipinski definition) is 2. The van der Waals surface area contributed by atoms with E-state index >= 15 is 0 Å². The van der Waals surface area contributed by atoms with Crippen molar-refractivity contribution < 1.29 is 4.74 Å². The standard InChI is InChI=1S/C27H38N6OS/c1-21-9-5-8-14-33(21)24-19-23(32-15-17-34-18-16-32)29-25(30-24)31-26(35)28-20-27(12-6-7-13-27)22-10-3-2-4-11-22/h2-4,10-11,19,21H,5-9,12-18,20H2,1H3,(H2,28,29,30,31,35). The van der Waals surface area contributed by atoms with Crippen LogP contribution in [0.5, 0.6) is 0 Å². The molecule has 3 aliphatic rings. The molecule has 1 unspecified atom stereocenters. The zero-order valence-electron chi connectivity index (χ0n) is 20.8. The first-order chi connectivity index (χ1) is 17.1. The maximum atomic E-state index is 5.74. The molecule has 1 aliphatic carbocycles. The van der Waals surface area contributed by atoms with E-state index < -0.39 is 0 Å². The van der Waals surface area contributed by atoms with Gasteiger partial charge < -0.3 is 25.2 Å². The van der Waals surface area contributed by atoms with Gasteiger partial charge in [0, 0.05) is 43.7 Å². The zero-order valence-corrected chi connectivity index (χ0v) is 21.7. The molecule has 5 rings (SSSR count). The van der Waals surface area contributed by atoms with E-state index in [9.17, 15) is 0 Å². The minimum Gasteiger partial charge on any atom is -0.378 e. The molecule has 2 saturated heterocycles. The number of nitrogens with one attached hydrogen (secondary N) is 2. The summed E-state index contributed by atoms with van der Waals surface area (Å²) in [6.45, 7) is 7.28. The molecule has 1 aromatic heterocycles. The predicted molar refractivity (Wildman–Crippen MR) is 147 cm³/mol. The van der Waals surface area contributed by atoms with Crippen LogP contribution in [0.15, 0.2) is 36.4 Å². The summed E-state index contributed by atoms with van der Waals surface area (Å²) in [5.74, 6) is 2.49. The Bertz CT molecular complexity index is 990. The van der Waals surface area contributed by atoms with Gasteiger partial charge in [0.15, 0.2) is 5.11 Å². The number of piperidine rings is 1. The number of thiocarbonyl (C=S) groups is 1. The summed E-state index contributed by atoms with van der Waals surface area (Å²) in [4.78, 5) is 14.5. The van der Waals surface area contributed by atoms with Crippen molar-refractivity contribution in [1.29, 1.82) is 0 Å². The van der Waals surface area contributed by atoms with Crippen LogP contribution >= 0.6 is 12.2 Å². The lowest BCUT2D eigenvalue weighted by atomic mass is 9.79. The Morgan fingerprint density at radius 3 is 2.51 bits per heavy atom. The predicted octanol–water partition coefficient (Wildman–Crippen LogP) is 4.49. The van der Waals surface area contributed by atoms with E-state index in [4.69, 9.17) is 26.9 Å². The van der Waals surface area contributed by atoms with Gasteiger partial charge in [-0.1, -0.05) is 43.2 Å². The number of aromatic nitrogens is 2. The fourth-order valence-electron chi connectivity index (χ4n) is 5.82. The summed E-state index contributed by atoms with van der Waals surface area (Å²) < 4.78 is 5.56. The Hall–Kier alpha value is -2.45. The lowest BCUT2D eigenvalue weighted by molar-refractivity contribution is 0.122. The van der Waals surface area contributed by atoms with Gasteiger partial charge in [0.05, 0.1) is 13.2 Å². The molecule has 2 aromatic rings. The van der Waals surface area contributed by atoms with Crippen LogP contribution in [0, 0.1) is 0 Å². The monoisotopic (exact) mass is 494 g/mol. The summed E-state index contributed by atoms with van der Waals surface area (Å²) in [7, 11) is 0. The highest BCUT2D eigenvalue weighted by Crippen LogP contribution is 2.40. The van der Waals surface area contributed by atoms with Gasteiger partial charge in [0.1, 0.15) is 11.6 Å². The molecule has 2 N–H and O–H groups in total. The summed E-state index contributed by atoms with van der Waals surface area (Å²) >= 11 is 5.74. The molecule has 188 valence electrons. The van der Waals surface area contributed by atoms with Crippen molar-refractivity contribution in [2.45, 2.75) is 63.3 Å². The van der Waals surface area contributed by atoms with E-state index in [0.717, 1.165) is 51.0 Å². The number of anilines is 3. The largest absolute Gasteiger partial charge is 0.378 e. The lowest BCUT2D eigenvalue weighted by Gasteiger charge is -2.35. The van der Waals surface area contributed by atoms with Crippen LogP contribution in [-0.4, -0.2) is 60.5 Å². The van der Waals surface area contributed by atoms with Crippen molar-refractivity contribution in [2.24, 2.45) is 0 Å². The first kappa shape index (κ1) is 24.3. The Labute approximate surface area is 214 Å². The molecule has 7 nitrogen and oxygen atoms in total. The van der Waals surface area contributed by atoms with Gasteiger partial charge in [-0.15, -0.1) is 0 Å². The Kier molecular flexibility index (Phi) is 7.68. The van der Waals surface area contributed by atoms with Gasteiger partial charge in [0.2, 0.25) is 5.95 Å². The molecule has 0 bridgehead atoms. The normalized spacial score (nSPS) is 22.1. The first-order valence-corrected chi connectivity index (χ1v) is 13.6. The lowest BCUT2D eigenvalue weighted by Crippen LogP contribution is -2.42. The molecule has 1 atom stereocenters. The second-order valence-electron chi connectivity index (χ2n) is 10.2. The highest BCUT2D eigenvalue weighted by molar-refractivity contribution is 7.80. The molecule has 3 fully saturated rings. The van der Waals surface area contributed by atoms with E-state index in [-0.39, 0.29) is 5.41 Å². The van der Waals surface area contributed by atoms with Crippen LogP contribution in [-0.2, 0) is 10.2 Å². The van der Waals surface area contributed by atoms with E-state index in [1.807, 2.05) is 0 Å². The van der Waals surface area contributed by atoms with Crippen molar-refractivity contribution in [2.75, 3.05) is 54.5 Å². The molecule has 1 aromatic carbocycles. The summed E-state index contributed by atoms with van der Waals surface area (Å²) in [6.07, 6.45) is 8.57. The van der Waals surface area contributed by atoms with Gasteiger partial charge in [-0.25, -0.2) is 0 Å². The molecule has 0 spiro atoms. The van der Waals surface area contributed by atoms with E-state index in [0.29, 0.717) is 17.1 Å². The Morgan fingerprint density at radius 2 is 1.77 bits per heavy atom. The molecular weight excluding hydrogens is 456 g/mol. The van der Waals surface area contributed by atoms with Gasteiger partial charge >= 0.3 is 0 Å². The molecule has 2 aliphatic heterocycles. The third kappa shape index (κ3) is 5.70. The zero-order chi connectivity index (χ0) is 24.1. The Balaban J connectivity index is 1.32. The van der Waals surface area contributed by atoms with Crippen molar-refractivity contribution in [3.8, 4) is 0 Å². The maximum Gasteiger partial charge on any atom is 0.232 e. The SMILES string of the molecule is CC1CCCCN1c1cc(N2CCOCC2)nc(NC(=S)NCC2(c3ccccc3)CCCC2)n1. The highest BCUT2D eigenvalue weighted by Gasteiger charge is 2.35. The number of benzene rings is 1. The second kappa shape index (κ2) is 11.1. The van der Waals surface area contributed by atoms with Crippen LogP contribution in [0.25, 0.3) is 0 Å². The van der Waals surface area contributed by atoms with Gasteiger partial charge in [0.25, 0.3) is 0 Å². The Morgan fingerprint density at radius 1 is 1.03 bits per heavy atom. The molecular formula is C27H38N6OS. The van der Waals surface area contributed by atoms with E-state index in [2.05, 4.69) is 63.8 Å². The van der Waals surface area contributed by atoms with Crippen LogP contribution in [0.2, 0.25) is 0 Å². The summed E-state index contributed by atoms with van der Waals surface area (Å²) in [5.41, 5.74) is 1.54. The fraction of sp³-hybridized carbons (Fsp3) is 0.593. The average Bonchev–Trinajstić information content (AvgIpc) is 3.39. The molecule has 0 amide bonds. The molecule has 0 radical (unpaired) electrons. The maximum absolute atomic E-state index is 5.74. The topological polar surface area (TPSA) is 65.6 Å². The van der Waals surface area contributed by atoms with Crippen molar-refractivity contribution in [3.63, 3.8) is 0 Å². The van der Waals surface area contributed by atoms with Gasteiger partial charge in [-0.2, -0.15) is 9.97 Å².